The number of nitrogens with two attached hydrogens (primary N) is 1. The number of benzene rings is 1. The molecule has 20 heavy (non-hydrogen) atoms. The molecule has 0 aromatic heterocycles. The Kier molecular flexibility index (Phi) is 6.48. The second-order valence-electron chi connectivity index (χ2n) is 4.56. The smallest absolute Gasteiger partial charge is 0.345 e. The van der Waals surface area contributed by atoms with E-state index in [1.807, 2.05) is 18.2 Å². The van der Waals surface area contributed by atoms with Gasteiger partial charge in [0.2, 0.25) is 10.9 Å². The molecule has 1 atom stereocenters. The molecule has 1 rings (SSSR count). The molecule has 4 N–H and O–H groups in total. The first-order valence-corrected chi connectivity index (χ1v) is 6.83. The van der Waals surface area contributed by atoms with Crippen LogP contribution in [0.2, 0.25) is 0 Å². The van der Waals surface area contributed by atoms with Gasteiger partial charge in [-0.3, -0.25) is 4.79 Å². The molecule has 110 valence electrons. The Morgan fingerprint density at radius 1 is 1.25 bits per heavy atom. The van der Waals surface area contributed by atoms with Gasteiger partial charge in [0.15, 0.2) is 0 Å². The maximum atomic E-state index is 11.9. The van der Waals surface area contributed by atoms with Crippen LogP contribution < -0.4 is 11.1 Å². The van der Waals surface area contributed by atoms with Crippen molar-refractivity contribution in [3.63, 3.8) is 0 Å². The molecule has 0 bridgehead atoms. The highest BCUT2D eigenvalue weighted by Crippen LogP contribution is 2.20. The molecule has 6 heteroatoms. The number of halogens is 1. The lowest BCUT2D eigenvalue weighted by molar-refractivity contribution is -0.144. The van der Waals surface area contributed by atoms with Crippen LogP contribution in [-0.2, 0) is 16.0 Å². The lowest BCUT2D eigenvalue weighted by atomic mass is 10.1. The summed E-state index contributed by atoms with van der Waals surface area (Å²) in [6, 6.07) is 9.07. The van der Waals surface area contributed by atoms with E-state index in [9.17, 15) is 9.59 Å². The van der Waals surface area contributed by atoms with Gasteiger partial charge in [-0.15, -0.1) is 0 Å². The summed E-state index contributed by atoms with van der Waals surface area (Å²) in [7, 11) is 0. The third-order valence-electron chi connectivity index (χ3n) is 2.86. The monoisotopic (exact) mass is 298 g/mol. The number of rotatable bonds is 8. The number of carboxylic acid groups (broad SMARTS) is 1. The minimum atomic E-state index is -1.76. The molecule has 0 heterocycles. The van der Waals surface area contributed by atoms with Crippen LogP contribution in [0.4, 0.5) is 0 Å². The summed E-state index contributed by atoms with van der Waals surface area (Å²) in [6.45, 7) is 0.463. The minimum Gasteiger partial charge on any atom is -0.479 e. The maximum absolute atomic E-state index is 11.9. The summed E-state index contributed by atoms with van der Waals surface area (Å²) in [4.78, 5) is 21.3. The SMILES string of the molecule is NCCCC[C@](Cl)(NC(=O)Cc1ccccc1)C(=O)O. The van der Waals surface area contributed by atoms with Gasteiger partial charge in [0.05, 0.1) is 6.42 Å². The third kappa shape index (κ3) is 5.19. The van der Waals surface area contributed by atoms with Crippen molar-refractivity contribution in [1.82, 2.24) is 5.32 Å². The zero-order chi connectivity index (χ0) is 15.0. The van der Waals surface area contributed by atoms with Gasteiger partial charge in [-0.1, -0.05) is 41.9 Å². The number of carbonyl (C=O) groups is 2. The highest BCUT2D eigenvalue weighted by molar-refractivity contribution is 6.34. The van der Waals surface area contributed by atoms with Gasteiger partial charge >= 0.3 is 5.97 Å². The summed E-state index contributed by atoms with van der Waals surface area (Å²) >= 11 is 6.00. The van der Waals surface area contributed by atoms with Crippen LogP contribution in [0.5, 0.6) is 0 Å². The van der Waals surface area contributed by atoms with Crippen LogP contribution in [0, 0.1) is 0 Å². The molecule has 1 aromatic carbocycles. The van der Waals surface area contributed by atoms with E-state index in [1.54, 1.807) is 12.1 Å². The van der Waals surface area contributed by atoms with Gasteiger partial charge in [-0.25, -0.2) is 4.79 Å². The summed E-state index contributed by atoms with van der Waals surface area (Å²) in [6.07, 6.45) is 1.44. The number of hydrogen-bond acceptors (Lipinski definition) is 3. The van der Waals surface area contributed by atoms with Crippen molar-refractivity contribution in [3.05, 3.63) is 35.9 Å². The molecule has 5 nitrogen and oxygen atoms in total. The predicted molar refractivity (Wildman–Crippen MR) is 77.4 cm³/mol. The predicted octanol–water partition coefficient (Wildman–Crippen LogP) is 1.49. The Hall–Kier alpha value is -1.59. The van der Waals surface area contributed by atoms with Crippen LogP contribution in [0.1, 0.15) is 24.8 Å². The van der Waals surface area contributed by atoms with Crippen LogP contribution >= 0.6 is 11.6 Å². The number of amides is 1. The molecule has 0 aliphatic rings. The molecule has 0 saturated heterocycles. The quantitative estimate of drug-likeness (QED) is 0.385. The number of alkyl halides is 1. The fraction of sp³-hybridized carbons (Fsp3) is 0.429. The number of nitrogens with one attached hydrogen (secondary N) is 1. The molecule has 0 fully saturated rings. The molecule has 0 spiro atoms. The Morgan fingerprint density at radius 2 is 1.90 bits per heavy atom. The molecule has 1 amide bonds. The summed E-state index contributed by atoms with van der Waals surface area (Å²) in [5.41, 5.74) is 6.16. The van der Waals surface area contributed by atoms with Crippen LogP contribution in [0.3, 0.4) is 0 Å². The largest absolute Gasteiger partial charge is 0.479 e. The molecule has 0 aliphatic heterocycles. The van der Waals surface area contributed by atoms with Crippen LogP contribution in [-0.4, -0.2) is 28.5 Å². The van der Waals surface area contributed by atoms with Crippen LogP contribution in [0.15, 0.2) is 30.3 Å². The first-order chi connectivity index (χ1) is 9.48. The number of aliphatic carboxylic acids is 1. The summed E-state index contributed by atoms with van der Waals surface area (Å²) in [5, 5.41) is 11.6. The molecule has 1 aromatic rings. The Labute approximate surface area is 123 Å². The molecular weight excluding hydrogens is 280 g/mol. The van der Waals surface area contributed by atoms with Crippen molar-refractivity contribution in [2.75, 3.05) is 6.54 Å². The van der Waals surface area contributed by atoms with Gasteiger partial charge in [0.1, 0.15) is 0 Å². The number of hydrogen-bond donors (Lipinski definition) is 3. The van der Waals surface area contributed by atoms with E-state index >= 15 is 0 Å². The summed E-state index contributed by atoms with van der Waals surface area (Å²) in [5.74, 6) is -1.67. The van der Waals surface area contributed by atoms with Gasteiger partial charge < -0.3 is 16.2 Å². The van der Waals surface area contributed by atoms with Crippen LogP contribution in [0.25, 0.3) is 0 Å². The zero-order valence-electron chi connectivity index (χ0n) is 11.1. The van der Waals surface area contributed by atoms with E-state index in [0.29, 0.717) is 19.4 Å². The molecule has 0 radical (unpaired) electrons. The first kappa shape index (κ1) is 16.5. The minimum absolute atomic E-state index is 0.0967. The van der Waals surface area contributed by atoms with Gasteiger partial charge in [-0.2, -0.15) is 0 Å². The Morgan fingerprint density at radius 3 is 2.45 bits per heavy atom. The third-order valence-corrected chi connectivity index (χ3v) is 3.30. The van der Waals surface area contributed by atoms with E-state index in [1.165, 1.54) is 0 Å². The van der Waals surface area contributed by atoms with Crippen molar-refractivity contribution in [1.29, 1.82) is 0 Å². The molecule has 0 unspecified atom stereocenters. The average molecular weight is 299 g/mol. The van der Waals surface area contributed by atoms with E-state index < -0.39 is 16.9 Å². The van der Waals surface area contributed by atoms with Gasteiger partial charge in [0.25, 0.3) is 0 Å². The van der Waals surface area contributed by atoms with Gasteiger partial charge in [0, 0.05) is 0 Å². The highest BCUT2D eigenvalue weighted by Gasteiger charge is 2.37. The Bertz CT molecular complexity index is 453. The fourth-order valence-corrected chi connectivity index (χ4v) is 2.02. The topological polar surface area (TPSA) is 92.4 Å². The number of unbranched alkanes of at least 4 members (excludes halogenated alkanes) is 1. The molecule has 0 aliphatic carbocycles. The average Bonchev–Trinajstić information content (AvgIpc) is 2.39. The number of carboxylic acids is 1. The van der Waals surface area contributed by atoms with E-state index in [0.717, 1.165) is 5.56 Å². The van der Waals surface area contributed by atoms with E-state index in [-0.39, 0.29) is 12.8 Å². The normalized spacial score (nSPS) is 13.5. The van der Waals surface area contributed by atoms with Crippen molar-refractivity contribution >= 4 is 23.5 Å². The van der Waals surface area contributed by atoms with Crippen molar-refractivity contribution in [3.8, 4) is 0 Å². The maximum Gasteiger partial charge on any atom is 0.345 e. The van der Waals surface area contributed by atoms with Crippen molar-refractivity contribution < 1.29 is 14.7 Å². The lowest BCUT2D eigenvalue weighted by Crippen LogP contribution is -2.50. The van der Waals surface area contributed by atoms with Gasteiger partial charge in [-0.05, 0) is 31.4 Å². The lowest BCUT2D eigenvalue weighted by Gasteiger charge is -2.23. The number of carbonyl (C=O) groups excluding carboxylic acids is 1. The molecular formula is C14H19ClN2O3. The standard InChI is InChI=1S/C14H19ClN2O3/c15-14(13(19)20,8-4-5-9-16)17-12(18)10-11-6-2-1-3-7-11/h1-3,6-7H,4-5,8-10,16H2,(H,17,18)(H,19,20)/t14-/m0/s1. The fourth-order valence-electron chi connectivity index (χ4n) is 1.78. The van der Waals surface area contributed by atoms with E-state index in [4.69, 9.17) is 22.4 Å². The van der Waals surface area contributed by atoms with E-state index in [2.05, 4.69) is 5.32 Å². The first-order valence-electron chi connectivity index (χ1n) is 6.45. The molecule has 0 saturated carbocycles. The summed E-state index contributed by atoms with van der Waals surface area (Å²) < 4.78 is 0. The van der Waals surface area contributed by atoms with Crippen molar-refractivity contribution in [2.24, 2.45) is 5.73 Å². The zero-order valence-corrected chi connectivity index (χ0v) is 11.9. The second kappa shape index (κ2) is 7.87. The van der Waals surface area contributed by atoms with Crippen molar-refractivity contribution in [2.45, 2.75) is 30.7 Å². The highest BCUT2D eigenvalue weighted by atomic mass is 35.5. The second-order valence-corrected chi connectivity index (χ2v) is 5.21. The Balaban J connectivity index is 2.60.